The van der Waals surface area contributed by atoms with Crippen molar-refractivity contribution in [1.29, 1.82) is 0 Å². The van der Waals surface area contributed by atoms with Crippen LogP contribution in [0.1, 0.15) is 37.3 Å². The van der Waals surface area contributed by atoms with E-state index in [9.17, 15) is 10.2 Å². The number of phenols is 2. The lowest BCUT2D eigenvalue weighted by Gasteiger charge is -2.08. The average Bonchev–Trinajstić information content (AvgIpc) is 2.50. The van der Waals surface area contributed by atoms with Gasteiger partial charge in [-0.1, -0.05) is 38.0 Å². The van der Waals surface area contributed by atoms with Crippen LogP contribution in [0.15, 0.2) is 42.5 Å². The van der Waals surface area contributed by atoms with Gasteiger partial charge in [0.15, 0.2) is 11.5 Å². The summed E-state index contributed by atoms with van der Waals surface area (Å²) in [5.41, 5.74) is 3.36. The lowest BCUT2D eigenvalue weighted by atomic mass is 10.1. The third-order valence-corrected chi connectivity index (χ3v) is 3.56. The molecule has 2 aromatic rings. The summed E-state index contributed by atoms with van der Waals surface area (Å²) in [6.45, 7) is 2.83. The fourth-order valence-corrected chi connectivity index (χ4v) is 2.25. The molecule has 0 aromatic heterocycles. The zero-order valence-corrected chi connectivity index (χ0v) is 12.5. The first kappa shape index (κ1) is 15.2. The monoisotopic (exact) mass is 285 g/mol. The van der Waals surface area contributed by atoms with Gasteiger partial charge in [-0.05, 0) is 48.2 Å². The Bertz CT molecular complexity index is 564. The van der Waals surface area contributed by atoms with E-state index in [-0.39, 0.29) is 11.5 Å². The molecule has 0 saturated carbocycles. The second-order valence-corrected chi connectivity index (χ2v) is 5.33. The maximum absolute atomic E-state index is 9.46. The lowest BCUT2D eigenvalue weighted by molar-refractivity contribution is 0.403. The first-order valence-electron chi connectivity index (χ1n) is 7.52. The molecule has 0 atom stereocenters. The van der Waals surface area contributed by atoms with Gasteiger partial charge in [-0.3, -0.25) is 0 Å². The van der Waals surface area contributed by atoms with Crippen LogP contribution in [0.4, 0.5) is 5.69 Å². The number of unbranched alkanes of at least 4 members (excludes halogenated alkanes) is 2. The van der Waals surface area contributed by atoms with Gasteiger partial charge in [0.05, 0.1) is 0 Å². The van der Waals surface area contributed by atoms with E-state index >= 15 is 0 Å². The van der Waals surface area contributed by atoms with E-state index in [2.05, 4.69) is 36.5 Å². The van der Waals surface area contributed by atoms with Gasteiger partial charge >= 0.3 is 0 Å². The summed E-state index contributed by atoms with van der Waals surface area (Å²) in [6.07, 6.45) is 4.92. The molecule has 3 nitrogen and oxygen atoms in total. The molecule has 2 rings (SSSR count). The molecule has 112 valence electrons. The normalized spacial score (nSPS) is 10.5. The highest BCUT2D eigenvalue weighted by molar-refractivity contribution is 5.46. The smallest absolute Gasteiger partial charge is 0.157 e. The molecule has 0 unspecified atom stereocenters. The van der Waals surface area contributed by atoms with Crippen molar-refractivity contribution in [3.05, 3.63) is 53.6 Å². The molecule has 0 heterocycles. The van der Waals surface area contributed by atoms with Crippen LogP contribution >= 0.6 is 0 Å². The summed E-state index contributed by atoms with van der Waals surface area (Å²) in [4.78, 5) is 0. The molecule has 0 spiro atoms. The Kier molecular flexibility index (Phi) is 5.50. The number of rotatable bonds is 7. The lowest BCUT2D eigenvalue weighted by Crippen LogP contribution is -1.99. The van der Waals surface area contributed by atoms with Crippen molar-refractivity contribution >= 4 is 5.69 Å². The Morgan fingerprint density at radius 3 is 2.24 bits per heavy atom. The van der Waals surface area contributed by atoms with Crippen LogP contribution in [-0.4, -0.2) is 10.2 Å². The number of aryl methyl sites for hydroxylation is 1. The Morgan fingerprint density at radius 1 is 0.857 bits per heavy atom. The summed E-state index contributed by atoms with van der Waals surface area (Å²) in [5, 5.41) is 22.0. The number of aromatic hydroxyl groups is 2. The molecule has 2 aromatic carbocycles. The molecule has 3 heteroatoms. The Hall–Kier alpha value is -2.16. The van der Waals surface area contributed by atoms with E-state index in [1.165, 1.54) is 30.9 Å². The van der Waals surface area contributed by atoms with Crippen molar-refractivity contribution in [3.63, 3.8) is 0 Å². The summed E-state index contributed by atoms with van der Waals surface area (Å²) in [5.74, 6) is -0.171. The standard InChI is InChI=1S/C18H23NO2/c1-2-3-4-5-14-6-9-16(10-7-14)19-13-15-8-11-17(20)18(21)12-15/h6-12,19-21H,2-5,13H2,1H3. The fraction of sp³-hybridized carbons (Fsp3) is 0.333. The highest BCUT2D eigenvalue weighted by Gasteiger charge is 2.01. The zero-order valence-electron chi connectivity index (χ0n) is 12.5. The molecule has 0 fully saturated rings. The Morgan fingerprint density at radius 2 is 1.57 bits per heavy atom. The Balaban J connectivity index is 1.86. The van der Waals surface area contributed by atoms with Crippen molar-refractivity contribution in [2.24, 2.45) is 0 Å². The van der Waals surface area contributed by atoms with Crippen molar-refractivity contribution in [2.75, 3.05) is 5.32 Å². The van der Waals surface area contributed by atoms with E-state index in [0.29, 0.717) is 6.54 Å². The van der Waals surface area contributed by atoms with Gasteiger partial charge in [0.1, 0.15) is 0 Å². The number of hydrogen-bond donors (Lipinski definition) is 3. The second-order valence-electron chi connectivity index (χ2n) is 5.33. The molecule has 0 radical (unpaired) electrons. The molecule has 0 aliphatic rings. The molecular formula is C18H23NO2. The highest BCUT2D eigenvalue weighted by atomic mass is 16.3. The molecular weight excluding hydrogens is 262 g/mol. The van der Waals surface area contributed by atoms with E-state index in [4.69, 9.17) is 0 Å². The number of nitrogens with one attached hydrogen (secondary N) is 1. The van der Waals surface area contributed by atoms with Gasteiger partial charge < -0.3 is 15.5 Å². The van der Waals surface area contributed by atoms with E-state index < -0.39 is 0 Å². The minimum atomic E-state index is -0.0878. The van der Waals surface area contributed by atoms with E-state index in [1.54, 1.807) is 12.1 Å². The molecule has 0 bridgehead atoms. The number of hydrogen-bond acceptors (Lipinski definition) is 3. The van der Waals surface area contributed by atoms with Gasteiger partial charge in [-0.2, -0.15) is 0 Å². The van der Waals surface area contributed by atoms with Crippen molar-refractivity contribution in [1.82, 2.24) is 0 Å². The molecule has 0 aliphatic heterocycles. The first-order valence-corrected chi connectivity index (χ1v) is 7.52. The third-order valence-electron chi connectivity index (χ3n) is 3.56. The molecule has 21 heavy (non-hydrogen) atoms. The fourth-order valence-electron chi connectivity index (χ4n) is 2.25. The number of phenolic OH excluding ortho intramolecular Hbond substituents is 2. The van der Waals surface area contributed by atoms with Crippen LogP contribution in [0.3, 0.4) is 0 Å². The number of benzene rings is 2. The average molecular weight is 285 g/mol. The van der Waals surface area contributed by atoms with Gasteiger partial charge in [0.25, 0.3) is 0 Å². The second kappa shape index (κ2) is 7.58. The van der Waals surface area contributed by atoms with Gasteiger partial charge in [-0.15, -0.1) is 0 Å². The summed E-state index contributed by atoms with van der Waals surface area (Å²) in [7, 11) is 0. The highest BCUT2D eigenvalue weighted by Crippen LogP contribution is 2.25. The van der Waals surface area contributed by atoms with Crippen molar-refractivity contribution in [3.8, 4) is 11.5 Å². The minimum absolute atomic E-state index is 0.0828. The molecule has 0 saturated heterocycles. The quantitative estimate of drug-likeness (QED) is 0.520. The van der Waals surface area contributed by atoms with Gasteiger partial charge in [0.2, 0.25) is 0 Å². The topological polar surface area (TPSA) is 52.5 Å². The van der Waals surface area contributed by atoms with Crippen LogP contribution in [0.2, 0.25) is 0 Å². The van der Waals surface area contributed by atoms with Crippen molar-refractivity contribution in [2.45, 2.75) is 39.2 Å². The molecule has 0 aliphatic carbocycles. The minimum Gasteiger partial charge on any atom is -0.504 e. The van der Waals surface area contributed by atoms with Crippen LogP contribution in [0.5, 0.6) is 11.5 Å². The zero-order chi connectivity index (χ0) is 15.1. The SMILES string of the molecule is CCCCCc1ccc(NCc2ccc(O)c(O)c2)cc1. The summed E-state index contributed by atoms with van der Waals surface area (Å²) in [6, 6.07) is 13.4. The molecule has 0 amide bonds. The van der Waals surface area contributed by atoms with E-state index in [0.717, 1.165) is 17.7 Å². The summed E-state index contributed by atoms with van der Waals surface area (Å²) < 4.78 is 0. The first-order chi connectivity index (χ1) is 10.2. The van der Waals surface area contributed by atoms with Gasteiger partial charge in [-0.25, -0.2) is 0 Å². The Labute approximate surface area is 126 Å². The molecule has 3 N–H and O–H groups in total. The maximum atomic E-state index is 9.46. The van der Waals surface area contributed by atoms with Gasteiger partial charge in [0, 0.05) is 12.2 Å². The van der Waals surface area contributed by atoms with E-state index in [1.807, 2.05) is 0 Å². The maximum Gasteiger partial charge on any atom is 0.157 e. The largest absolute Gasteiger partial charge is 0.504 e. The van der Waals surface area contributed by atoms with Crippen molar-refractivity contribution < 1.29 is 10.2 Å². The van der Waals surface area contributed by atoms with Crippen LogP contribution in [0, 0.1) is 0 Å². The van der Waals surface area contributed by atoms with Crippen LogP contribution < -0.4 is 5.32 Å². The van der Waals surface area contributed by atoms with Crippen LogP contribution in [0.25, 0.3) is 0 Å². The predicted molar refractivity (Wildman–Crippen MR) is 86.8 cm³/mol. The summed E-state index contributed by atoms with van der Waals surface area (Å²) >= 11 is 0. The third kappa shape index (κ3) is 4.71. The number of anilines is 1. The predicted octanol–water partition coefficient (Wildman–Crippen LogP) is 4.44. The van der Waals surface area contributed by atoms with Crippen LogP contribution in [-0.2, 0) is 13.0 Å².